The first-order valence-electron chi connectivity index (χ1n) is 16.5. The number of amides is 2. The van der Waals surface area contributed by atoms with E-state index < -0.39 is 5.41 Å². The summed E-state index contributed by atoms with van der Waals surface area (Å²) in [5, 5.41) is 13.8. The Morgan fingerprint density at radius 1 is 1.13 bits per heavy atom. The number of nitrogens with two attached hydrogens (primary N) is 1. The molecule has 0 radical (unpaired) electrons. The van der Waals surface area contributed by atoms with Crippen LogP contribution in [-0.4, -0.2) is 73.8 Å². The highest BCUT2D eigenvalue weighted by molar-refractivity contribution is 6.00. The maximum absolute atomic E-state index is 13.6. The molecule has 46 heavy (non-hydrogen) atoms. The zero-order valence-electron chi connectivity index (χ0n) is 27.7. The summed E-state index contributed by atoms with van der Waals surface area (Å²) in [6.07, 6.45) is 5.60. The summed E-state index contributed by atoms with van der Waals surface area (Å²) in [6, 6.07) is 9.31. The number of aryl methyl sites for hydroxylation is 2. The van der Waals surface area contributed by atoms with Crippen LogP contribution in [0, 0.1) is 11.3 Å². The number of hydrogen-bond donors (Lipinski definition) is 3. The van der Waals surface area contributed by atoms with E-state index in [9.17, 15) is 14.7 Å². The van der Waals surface area contributed by atoms with E-state index in [1.54, 1.807) is 18.1 Å². The molecule has 4 N–H and O–H groups in total. The third-order valence-corrected chi connectivity index (χ3v) is 10.1. The highest BCUT2D eigenvalue weighted by Gasteiger charge is 2.31. The van der Waals surface area contributed by atoms with E-state index in [1.165, 1.54) is 0 Å². The van der Waals surface area contributed by atoms with Gasteiger partial charge >= 0.3 is 0 Å². The van der Waals surface area contributed by atoms with Crippen molar-refractivity contribution in [3.05, 3.63) is 41.6 Å². The summed E-state index contributed by atoms with van der Waals surface area (Å²) in [4.78, 5) is 38.7. The van der Waals surface area contributed by atoms with Gasteiger partial charge in [-0.1, -0.05) is 33.1 Å². The van der Waals surface area contributed by atoms with E-state index in [4.69, 9.17) is 20.4 Å². The fraction of sp³-hybridized carbons (Fsp3) is 0.543. The van der Waals surface area contributed by atoms with Crippen LogP contribution in [0.5, 0.6) is 5.75 Å². The van der Waals surface area contributed by atoms with Crippen LogP contribution < -0.4 is 15.8 Å². The Kier molecular flexibility index (Phi) is 8.82. The van der Waals surface area contributed by atoms with E-state index in [0.29, 0.717) is 36.3 Å². The minimum atomic E-state index is -0.425. The number of imidazole rings is 1. The van der Waals surface area contributed by atoms with E-state index in [2.05, 4.69) is 22.0 Å². The number of aliphatic hydroxyl groups excluding tert-OH is 1. The zero-order valence-corrected chi connectivity index (χ0v) is 27.7. The summed E-state index contributed by atoms with van der Waals surface area (Å²) in [5.74, 6) is 1.26. The lowest BCUT2D eigenvalue weighted by atomic mass is 9.85. The molecule has 11 heteroatoms. The van der Waals surface area contributed by atoms with Crippen LogP contribution in [0.25, 0.3) is 33.6 Å². The van der Waals surface area contributed by atoms with Crippen LogP contribution in [0.4, 0.5) is 0 Å². The van der Waals surface area contributed by atoms with Crippen molar-refractivity contribution in [1.29, 1.82) is 0 Å². The molecule has 5 heterocycles. The largest absolute Gasteiger partial charge is 0.494 e. The third-order valence-electron chi connectivity index (χ3n) is 10.1. The minimum absolute atomic E-state index is 0.00244. The van der Waals surface area contributed by atoms with Crippen molar-refractivity contribution in [2.75, 3.05) is 26.8 Å². The maximum atomic E-state index is 13.6. The summed E-state index contributed by atoms with van der Waals surface area (Å²) >= 11 is 0. The number of methoxy groups -OCH3 is 1. The second kappa shape index (κ2) is 12.7. The lowest BCUT2D eigenvalue weighted by molar-refractivity contribution is -0.130. The number of hydrogen-bond acceptors (Lipinski definition) is 7. The van der Waals surface area contributed by atoms with Gasteiger partial charge in [0.1, 0.15) is 16.9 Å². The number of aromatic nitrogens is 4. The van der Waals surface area contributed by atoms with Gasteiger partial charge in [-0.15, -0.1) is 0 Å². The average Bonchev–Trinajstić information content (AvgIpc) is 3.57. The molecule has 3 atom stereocenters. The fourth-order valence-electron chi connectivity index (χ4n) is 7.01. The van der Waals surface area contributed by atoms with Crippen LogP contribution in [0.3, 0.4) is 0 Å². The number of benzene rings is 1. The highest BCUT2D eigenvalue weighted by Crippen LogP contribution is 2.35. The molecule has 6 rings (SSSR count). The number of pyridine rings is 1. The van der Waals surface area contributed by atoms with E-state index in [-0.39, 0.29) is 36.4 Å². The van der Waals surface area contributed by atoms with Crippen LogP contribution in [0.1, 0.15) is 81.4 Å². The number of nitrogens with zero attached hydrogens (tertiary/aromatic N) is 5. The van der Waals surface area contributed by atoms with Crippen molar-refractivity contribution in [1.82, 2.24) is 29.3 Å². The topological polar surface area (TPSA) is 141 Å². The van der Waals surface area contributed by atoms with Crippen molar-refractivity contribution in [3.8, 4) is 17.3 Å². The molecule has 1 saturated heterocycles. The van der Waals surface area contributed by atoms with E-state index in [1.807, 2.05) is 44.5 Å². The van der Waals surface area contributed by atoms with Crippen LogP contribution >= 0.6 is 0 Å². The first-order valence-corrected chi connectivity index (χ1v) is 16.5. The SMILES string of the molecule is COc1cc(C(=O)N2CC[C@@H](CO)[C@H](N)C2)cc2nc(-c3cc4ccc5nc4n3CCCCCCC(C)(C)C(=O)N[C@@H]5C)n(C)c12. The van der Waals surface area contributed by atoms with Crippen LogP contribution in [0.15, 0.2) is 30.3 Å². The van der Waals surface area contributed by atoms with Crippen molar-refractivity contribution in [3.63, 3.8) is 0 Å². The van der Waals surface area contributed by atoms with Crippen LogP contribution in [-0.2, 0) is 18.4 Å². The number of likely N-dealkylation sites (tertiary alicyclic amines) is 1. The molecular formula is C35H47N7O4. The highest BCUT2D eigenvalue weighted by atomic mass is 16.5. The molecule has 11 nitrogen and oxygen atoms in total. The number of ether oxygens (including phenoxy) is 1. The monoisotopic (exact) mass is 629 g/mol. The number of rotatable bonds is 4. The minimum Gasteiger partial charge on any atom is -0.494 e. The Morgan fingerprint density at radius 3 is 2.65 bits per heavy atom. The zero-order chi connectivity index (χ0) is 32.7. The van der Waals surface area contributed by atoms with Crippen molar-refractivity contribution >= 4 is 33.9 Å². The molecule has 2 aliphatic rings. The summed E-state index contributed by atoms with van der Waals surface area (Å²) in [7, 11) is 3.58. The van der Waals surface area contributed by atoms with Crippen molar-refractivity contribution in [2.24, 2.45) is 24.1 Å². The van der Waals surface area contributed by atoms with Crippen molar-refractivity contribution in [2.45, 2.75) is 77.9 Å². The quantitative estimate of drug-likeness (QED) is 0.301. The van der Waals surface area contributed by atoms with E-state index in [0.717, 1.165) is 72.4 Å². The number of carbonyl (C=O) groups is 2. The summed E-state index contributed by atoms with van der Waals surface area (Å²) in [5.41, 5.74) is 10.4. The summed E-state index contributed by atoms with van der Waals surface area (Å²) in [6.45, 7) is 7.79. The smallest absolute Gasteiger partial charge is 0.254 e. The molecule has 2 bridgehead atoms. The van der Waals surface area contributed by atoms with Gasteiger partial charge in [-0.2, -0.15) is 0 Å². The maximum Gasteiger partial charge on any atom is 0.254 e. The standard InChI is InChI=1S/C35H47N7O4/c1-21-26-11-10-22-17-28(42(31(22)38-26)14-9-7-6-8-13-35(2,3)34(45)37-21)32-39-27-16-24(18-29(46-5)30(27)40(32)4)33(44)41-15-12-23(20-43)25(36)19-41/h10-11,16-18,21,23,25,43H,6-9,12-15,19-20,36H2,1-5H3,(H,37,45)/t21-,23+,25-/m1/s1. The molecule has 0 saturated carbocycles. The van der Waals surface area contributed by atoms with Gasteiger partial charge < -0.3 is 34.9 Å². The predicted octanol–water partition coefficient (Wildman–Crippen LogP) is 4.55. The van der Waals surface area contributed by atoms with Gasteiger partial charge in [0.25, 0.3) is 5.91 Å². The molecular weight excluding hydrogens is 582 g/mol. The molecule has 1 fully saturated rings. The van der Waals surface area contributed by atoms with Gasteiger partial charge in [0.05, 0.1) is 30.1 Å². The molecule has 0 aliphatic carbocycles. The van der Waals surface area contributed by atoms with Gasteiger partial charge in [-0.3, -0.25) is 9.59 Å². The van der Waals surface area contributed by atoms with Crippen LogP contribution in [0.2, 0.25) is 0 Å². The number of carbonyl (C=O) groups excluding carboxylic acids is 2. The van der Waals surface area contributed by atoms with Crippen molar-refractivity contribution < 1.29 is 19.4 Å². The molecule has 2 amide bonds. The van der Waals surface area contributed by atoms with Gasteiger partial charge in [-0.25, -0.2) is 9.97 Å². The first-order chi connectivity index (χ1) is 22.0. The number of piperidine rings is 1. The molecule has 2 aliphatic heterocycles. The number of nitrogens with one attached hydrogen (secondary N) is 1. The number of fused-ring (bicyclic) bond motifs is 2. The Bertz CT molecular complexity index is 1770. The first kappa shape index (κ1) is 32.0. The molecule has 0 unspecified atom stereocenters. The Morgan fingerprint density at radius 2 is 1.91 bits per heavy atom. The van der Waals surface area contributed by atoms with Gasteiger partial charge in [0.2, 0.25) is 5.91 Å². The second-order valence-corrected chi connectivity index (χ2v) is 13.8. The van der Waals surface area contributed by atoms with Gasteiger partial charge in [0.15, 0.2) is 5.82 Å². The Balaban J connectivity index is 1.41. The predicted molar refractivity (Wildman–Crippen MR) is 178 cm³/mol. The number of aliphatic hydroxyl groups is 1. The Hall–Kier alpha value is -3.96. The molecule has 0 spiro atoms. The lowest BCUT2D eigenvalue weighted by Crippen LogP contribution is -2.51. The second-order valence-electron chi connectivity index (χ2n) is 13.8. The van der Waals surface area contributed by atoms with Gasteiger partial charge in [-0.05, 0) is 56.5 Å². The lowest BCUT2D eigenvalue weighted by Gasteiger charge is -2.36. The fourth-order valence-corrected chi connectivity index (χ4v) is 7.01. The normalized spacial score (nSPS) is 22.6. The average molecular weight is 630 g/mol. The Labute approximate surface area is 270 Å². The third kappa shape index (κ3) is 5.86. The van der Waals surface area contributed by atoms with E-state index >= 15 is 0 Å². The summed E-state index contributed by atoms with van der Waals surface area (Å²) < 4.78 is 10.1. The molecule has 3 aromatic heterocycles. The molecule has 246 valence electrons. The molecule has 1 aromatic carbocycles. The molecule has 4 aromatic rings. The van der Waals surface area contributed by atoms with Gasteiger partial charge in [0, 0.05) is 61.6 Å².